The van der Waals surface area contributed by atoms with E-state index in [4.69, 9.17) is 0 Å². The minimum absolute atomic E-state index is 0.0543. The van der Waals surface area contributed by atoms with Crippen LogP contribution in [-0.4, -0.2) is 10.6 Å². The maximum Gasteiger partial charge on any atom is 0.0928 e. The Balaban J connectivity index is 2.76. The zero-order valence-electron chi connectivity index (χ0n) is 7.92. The van der Waals surface area contributed by atoms with Gasteiger partial charge in [-0.2, -0.15) is 0 Å². The smallest absolute Gasteiger partial charge is 0.0928 e. The Hall–Kier alpha value is -0.500. The molecule has 1 unspecified atom stereocenters. The summed E-state index contributed by atoms with van der Waals surface area (Å²) in [5.41, 5.74) is -0.0543. The van der Waals surface area contributed by atoms with E-state index < -0.39 is 0 Å². The number of rotatable bonds is 2. The Morgan fingerprint density at radius 1 is 1.67 bits per heavy atom. The third-order valence-electron chi connectivity index (χ3n) is 2.03. The van der Waals surface area contributed by atoms with Gasteiger partial charge in [-0.05, 0) is 27.2 Å². The van der Waals surface area contributed by atoms with E-state index in [-0.39, 0.29) is 5.54 Å². The van der Waals surface area contributed by atoms with E-state index in [9.17, 15) is 0 Å². The van der Waals surface area contributed by atoms with Crippen LogP contribution >= 0.6 is 11.8 Å². The van der Waals surface area contributed by atoms with E-state index in [0.717, 1.165) is 16.4 Å². The molecule has 0 saturated carbocycles. The maximum absolute atomic E-state index is 4.57. The van der Waals surface area contributed by atoms with Crippen LogP contribution in [0, 0.1) is 0 Å². The van der Waals surface area contributed by atoms with E-state index in [0.29, 0.717) is 0 Å². The summed E-state index contributed by atoms with van der Waals surface area (Å²) in [6.45, 7) is 10.2. The van der Waals surface area contributed by atoms with Gasteiger partial charge in [-0.15, -0.1) is 0 Å². The topological polar surface area (TPSA) is 12.4 Å². The van der Waals surface area contributed by atoms with Gasteiger partial charge in [0.05, 0.1) is 10.6 Å². The normalized spacial score (nSPS) is 29.9. The first-order chi connectivity index (χ1) is 5.58. The van der Waals surface area contributed by atoms with E-state index >= 15 is 0 Å². The van der Waals surface area contributed by atoms with Crippen LogP contribution in [0.15, 0.2) is 28.6 Å². The molecule has 1 rings (SSSR count). The lowest BCUT2D eigenvalue weighted by molar-refractivity contribution is 0.597. The highest BCUT2D eigenvalue weighted by Crippen LogP contribution is 2.40. The fourth-order valence-corrected chi connectivity index (χ4v) is 2.18. The highest BCUT2D eigenvalue weighted by atomic mass is 32.2. The third-order valence-corrected chi connectivity index (χ3v) is 3.10. The van der Waals surface area contributed by atoms with Gasteiger partial charge in [-0.3, -0.25) is 4.99 Å². The molecule has 0 amide bonds. The Labute approximate surface area is 78.7 Å². The molecule has 0 aromatic heterocycles. The quantitative estimate of drug-likeness (QED) is 0.595. The lowest BCUT2D eigenvalue weighted by atomic mass is 9.98. The van der Waals surface area contributed by atoms with Crippen molar-refractivity contribution < 1.29 is 0 Å². The van der Waals surface area contributed by atoms with Crippen molar-refractivity contribution in [2.45, 2.75) is 32.7 Å². The molecule has 0 N–H and O–H groups in total. The number of hydrogen-bond acceptors (Lipinski definition) is 2. The fraction of sp³-hybridized carbons (Fsp3) is 0.500. The number of thioether (sulfide) groups is 1. The van der Waals surface area contributed by atoms with Crippen molar-refractivity contribution in [3.8, 4) is 0 Å². The minimum Gasteiger partial charge on any atom is -0.271 e. The van der Waals surface area contributed by atoms with Gasteiger partial charge < -0.3 is 0 Å². The molecule has 66 valence electrons. The van der Waals surface area contributed by atoms with Gasteiger partial charge in [0.15, 0.2) is 0 Å². The molecular formula is C10H15NS. The van der Waals surface area contributed by atoms with Crippen LogP contribution in [0.2, 0.25) is 0 Å². The maximum atomic E-state index is 4.57. The largest absolute Gasteiger partial charge is 0.271 e. The van der Waals surface area contributed by atoms with Crippen LogP contribution in [0.3, 0.4) is 0 Å². The van der Waals surface area contributed by atoms with Gasteiger partial charge in [-0.1, -0.05) is 30.5 Å². The zero-order chi connectivity index (χ0) is 9.19. The van der Waals surface area contributed by atoms with Crippen molar-refractivity contribution in [1.29, 1.82) is 0 Å². The van der Waals surface area contributed by atoms with Gasteiger partial charge in [0.25, 0.3) is 0 Å². The summed E-state index contributed by atoms with van der Waals surface area (Å²) in [4.78, 5) is 5.73. The summed E-state index contributed by atoms with van der Waals surface area (Å²) >= 11 is 1.70. The van der Waals surface area contributed by atoms with Gasteiger partial charge in [0.2, 0.25) is 0 Å². The molecule has 0 saturated heterocycles. The first-order valence-corrected chi connectivity index (χ1v) is 4.95. The van der Waals surface area contributed by atoms with Crippen molar-refractivity contribution in [1.82, 2.24) is 0 Å². The molecule has 12 heavy (non-hydrogen) atoms. The van der Waals surface area contributed by atoms with Crippen molar-refractivity contribution in [2.24, 2.45) is 4.99 Å². The second-order valence-corrected chi connectivity index (χ2v) is 4.49. The second-order valence-electron chi connectivity index (χ2n) is 3.20. The lowest BCUT2D eigenvalue weighted by Gasteiger charge is -2.18. The molecule has 1 heterocycles. The summed E-state index contributed by atoms with van der Waals surface area (Å²) in [6, 6.07) is 0. The minimum atomic E-state index is -0.0543. The summed E-state index contributed by atoms with van der Waals surface area (Å²) < 4.78 is 0. The van der Waals surface area contributed by atoms with Gasteiger partial charge >= 0.3 is 0 Å². The third kappa shape index (κ3) is 1.81. The Morgan fingerprint density at radius 2 is 2.33 bits per heavy atom. The summed E-state index contributed by atoms with van der Waals surface area (Å²) in [5.74, 6) is 0. The number of allylic oxidation sites excluding steroid dienone is 1. The highest BCUT2D eigenvalue weighted by Gasteiger charge is 2.31. The SMILES string of the molecule is C=C1SC(C)=NC1(C)C/C=C\C. The van der Waals surface area contributed by atoms with E-state index in [1.807, 2.05) is 13.8 Å². The Morgan fingerprint density at radius 3 is 2.75 bits per heavy atom. The molecule has 0 spiro atoms. The lowest BCUT2D eigenvalue weighted by Crippen LogP contribution is -2.18. The molecule has 2 heteroatoms. The van der Waals surface area contributed by atoms with Crippen LogP contribution in [-0.2, 0) is 0 Å². The summed E-state index contributed by atoms with van der Waals surface area (Å²) in [7, 11) is 0. The average Bonchev–Trinajstić information content (AvgIpc) is 2.23. The number of aliphatic imine (C=N–C) groups is 1. The number of nitrogens with zero attached hydrogens (tertiary/aromatic N) is 1. The van der Waals surface area contributed by atoms with Crippen LogP contribution in [0.25, 0.3) is 0 Å². The molecule has 0 aliphatic carbocycles. The van der Waals surface area contributed by atoms with Gasteiger partial charge in [-0.25, -0.2) is 0 Å². The van der Waals surface area contributed by atoms with Crippen molar-refractivity contribution in [3.63, 3.8) is 0 Å². The first-order valence-electron chi connectivity index (χ1n) is 4.13. The number of hydrogen-bond donors (Lipinski definition) is 0. The molecule has 1 aliphatic rings. The Kier molecular flexibility index (Phi) is 2.78. The molecule has 1 atom stereocenters. The zero-order valence-corrected chi connectivity index (χ0v) is 8.74. The van der Waals surface area contributed by atoms with Crippen LogP contribution in [0.1, 0.15) is 27.2 Å². The molecule has 0 aromatic carbocycles. The van der Waals surface area contributed by atoms with Gasteiger partial charge in [0, 0.05) is 4.91 Å². The molecule has 0 fully saturated rings. The first kappa shape index (κ1) is 9.59. The van der Waals surface area contributed by atoms with Crippen molar-refractivity contribution >= 4 is 16.8 Å². The van der Waals surface area contributed by atoms with E-state index in [1.54, 1.807) is 11.8 Å². The monoisotopic (exact) mass is 181 g/mol. The highest BCUT2D eigenvalue weighted by molar-refractivity contribution is 8.17. The standard InChI is InChI=1S/C10H15NS/c1-5-6-7-10(4)8(2)12-9(3)11-10/h5-6H,2,7H2,1,3-4H3/b6-5-. The molecule has 1 nitrogen and oxygen atoms in total. The van der Waals surface area contributed by atoms with Crippen molar-refractivity contribution in [3.05, 3.63) is 23.6 Å². The molecular weight excluding hydrogens is 166 g/mol. The fourth-order valence-electron chi connectivity index (χ4n) is 1.23. The Bertz CT molecular complexity index is 253. The van der Waals surface area contributed by atoms with Crippen LogP contribution < -0.4 is 0 Å². The summed E-state index contributed by atoms with van der Waals surface area (Å²) in [6.07, 6.45) is 5.17. The predicted octanol–water partition coefficient (Wildman–Crippen LogP) is 3.39. The van der Waals surface area contributed by atoms with Gasteiger partial charge in [0.1, 0.15) is 0 Å². The van der Waals surface area contributed by atoms with E-state index in [2.05, 4.69) is 30.6 Å². The van der Waals surface area contributed by atoms with Crippen molar-refractivity contribution in [2.75, 3.05) is 0 Å². The van der Waals surface area contributed by atoms with Crippen LogP contribution in [0.4, 0.5) is 0 Å². The predicted molar refractivity (Wildman–Crippen MR) is 57.7 cm³/mol. The molecule has 0 bridgehead atoms. The van der Waals surface area contributed by atoms with Crippen LogP contribution in [0.5, 0.6) is 0 Å². The van der Waals surface area contributed by atoms with E-state index in [1.165, 1.54) is 0 Å². The molecule has 0 aromatic rings. The summed E-state index contributed by atoms with van der Waals surface area (Å²) in [5, 5.41) is 1.13. The molecule has 0 radical (unpaired) electrons. The second kappa shape index (κ2) is 3.48. The molecule has 1 aliphatic heterocycles. The average molecular weight is 181 g/mol.